The number of aliphatic imine (C=N–C) groups is 1. The molecule has 1 fully saturated rings. The Kier molecular flexibility index (Phi) is 14.2. The predicted octanol–water partition coefficient (Wildman–Crippen LogP) is 3.73. The van der Waals surface area contributed by atoms with E-state index in [2.05, 4.69) is 71.4 Å². The maximum Gasteiger partial charge on any atom is 0.191 e. The van der Waals surface area contributed by atoms with Crippen molar-refractivity contribution < 1.29 is 4.74 Å². The molecule has 0 aliphatic carbocycles. The molecule has 0 spiro atoms. The van der Waals surface area contributed by atoms with Crippen molar-refractivity contribution in [1.29, 1.82) is 0 Å². The third kappa shape index (κ3) is 10.9. The zero-order valence-electron chi connectivity index (χ0n) is 20.2. The number of benzene rings is 1. The molecule has 0 saturated carbocycles. The number of guanidine groups is 1. The van der Waals surface area contributed by atoms with E-state index in [0.717, 1.165) is 37.8 Å². The molecule has 2 N–H and O–H groups in total. The van der Waals surface area contributed by atoms with E-state index in [4.69, 9.17) is 4.74 Å². The molecule has 1 aliphatic rings. The van der Waals surface area contributed by atoms with Gasteiger partial charge in [0, 0.05) is 58.4 Å². The number of rotatable bonds is 11. The van der Waals surface area contributed by atoms with Crippen molar-refractivity contribution in [1.82, 2.24) is 20.4 Å². The lowest BCUT2D eigenvalue weighted by Gasteiger charge is -2.34. The average molecular weight is 546 g/mol. The lowest BCUT2D eigenvalue weighted by Crippen LogP contribution is -2.47. The molecule has 0 amide bonds. The number of likely N-dealkylation sites (N-methyl/N-ethyl adjacent to an activating group) is 1. The summed E-state index contributed by atoms with van der Waals surface area (Å²) in [5.41, 5.74) is 2.40. The Bertz CT molecular complexity index is 647. The SMILES string of the molecule is CCCCCOc1cc(C)ccc1CNC(=NC)NCC(C)CN1CCN(C)CC1.I. The van der Waals surface area contributed by atoms with Crippen LogP contribution in [0.4, 0.5) is 0 Å². The molecule has 0 bridgehead atoms. The van der Waals surface area contributed by atoms with Crippen molar-refractivity contribution in [2.75, 3.05) is 60.0 Å². The second-order valence-electron chi connectivity index (χ2n) is 8.68. The molecule has 1 aliphatic heterocycles. The van der Waals surface area contributed by atoms with Gasteiger partial charge in [-0.25, -0.2) is 0 Å². The monoisotopic (exact) mass is 545 g/mol. The molecule has 1 atom stereocenters. The summed E-state index contributed by atoms with van der Waals surface area (Å²) >= 11 is 0. The zero-order chi connectivity index (χ0) is 21.8. The lowest BCUT2D eigenvalue weighted by atomic mass is 10.1. The Morgan fingerprint density at radius 3 is 2.58 bits per heavy atom. The highest BCUT2D eigenvalue weighted by molar-refractivity contribution is 14.0. The summed E-state index contributed by atoms with van der Waals surface area (Å²) in [7, 11) is 4.03. The minimum atomic E-state index is 0. The predicted molar refractivity (Wildman–Crippen MR) is 143 cm³/mol. The molecule has 0 aromatic heterocycles. The Morgan fingerprint density at radius 2 is 1.90 bits per heavy atom. The van der Waals surface area contributed by atoms with Crippen LogP contribution in [-0.4, -0.2) is 75.7 Å². The third-order valence-corrected chi connectivity index (χ3v) is 5.68. The van der Waals surface area contributed by atoms with E-state index in [0.29, 0.717) is 12.5 Å². The number of hydrogen-bond acceptors (Lipinski definition) is 4. The number of unbranched alkanes of at least 4 members (excludes halogenated alkanes) is 2. The molecule has 1 unspecified atom stereocenters. The van der Waals surface area contributed by atoms with Gasteiger partial charge in [0.05, 0.1) is 6.61 Å². The molecule has 0 radical (unpaired) electrons. The van der Waals surface area contributed by atoms with Crippen LogP contribution in [0, 0.1) is 12.8 Å². The molecule has 1 aromatic rings. The van der Waals surface area contributed by atoms with Gasteiger partial charge in [-0.2, -0.15) is 0 Å². The van der Waals surface area contributed by atoms with E-state index >= 15 is 0 Å². The van der Waals surface area contributed by atoms with Crippen LogP contribution < -0.4 is 15.4 Å². The van der Waals surface area contributed by atoms with E-state index in [-0.39, 0.29) is 24.0 Å². The van der Waals surface area contributed by atoms with Gasteiger partial charge >= 0.3 is 0 Å². The van der Waals surface area contributed by atoms with Crippen LogP contribution in [0.3, 0.4) is 0 Å². The Labute approximate surface area is 207 Å². The summed E-state index contributed by atoms with van der Waals surface area (Å²) in [5, 5.41) is 6.94. The second kappa shape index (κ2) is 15.7. The summed E-state index contributed by atoms with van der Waals surface area (Å²) < 4.78 is 6.07. The first-order chi connectivity index (χ1) is 14.5. The van der Waals surface area contributed by atoms with Crippen molar-refractivity contribution in [3.05, 3.63) is 29.3 Å². The zero-order valence-corrected chi connectivity index (χ0v) is 22.6. The normalized spacial score (nSPS) is 16.5. The maximum absolute atomic E-state index is 6.07. The van der Waals surface area contributed by atoms with Gasteiger partial charge in [-0.1, -0.05) is 38.8 Å². The molecule has 1 aromatic carbocycles. The van der Waals surface area contributed by atoms with E-state index < -0.39 is 0 Å². The molecule has 6 nitrogen and oxygen atoms in total. The minimum Gasteiger partial charge on any atom is -0.493 e. The first-order valence-corrected chi connectivity index (χ1v) is 11.6. The second-order valence-corrected chi connectivity index (χ2v) is 8.68. The largest absolute Gasteiger partial charge is 0.493 e. The highest BCUT2D eigenvalue weighted by Gasteiger charge is 2.16. The number of nitrogens with zero attached hydrogens (tertiary/aromatic N) is 3. The molecular weight excluding hydrogens is 501 g/mol. The van der Waals surface area contributed by atoms with Gasteiger partial charge < -0.3 is 25.2 Å². The number of nitrogens with one attached hydrogen (secondary N) is 2. The fourth-order valence-electron chi connectivity index (χ4n) is 3.68. The fraction of sp³-hybridized carbons (Fsp3) is 0.708. The van der Waals surface area contributed by atoms with Gasteiger partial charge in [0.1, 0.15) is 5.75 Å². The van der Waals surface area contributed by atoms with Crippen LogP contribution in [0.2, 0.25) is 0 Å². The molecule has 1 heterocycles. The third-order valence-electron chi connectivity index (χ3n) is 5.68. The molecule has 31 heavy (non-hydrogen) atoms. The standard InChI is InChI=1S/C24H43N5O.HI/c1-6-7-8-15-30-23-16-20(2)9-10-22(23)18-27-24(25-4)26-17-21(3)19-29-13-11-28(5)12-14-29;/h9-10,16,21H,6-8,11-15,17-19H2,1-5H3,(H2,25,26,27);1H. The Hall–Kier alpha value is -1.06. The van der Waals surface area contributed by atoms with Gasteiger partial charge in [0.25, 0.3) is 0 Å². The van der Waals surface area contributed by atoms with Crippen LogP contribution in [0.25, 0.3) is 0 Å². The Morgan fingerprint density at radius 1 is 1.16 bits per heavy atom. The van der Waals surface area contributed by atoms with Crippen molar-refractivity contribution >= 4 is 29.9 Å². The van der Waals surface area contributed by atoms with Crippen LogP contribution in [0.15, 0.2) is 23.2 Å². The number of ether oxygens (including phenoxy) is 1. The molecule has 7 heteroatoms. The highest BCUT2D eigenvalue weighted by Crippen LogP contribution is 2.20. The minimum absolute atomic E-state index is 0. The highest BCUT2D eigenvalue weighted by atomic mass is 127. The van der Waals surface area contributed by atoms with Crippen molar-refractivity contribution in [3.63, 3.8) is 0 Å². The van der Waals surface area contributed by atoms with E-state index in [1.54, 1.807) is 0 Å². The molecule has 178 valence electrons. The van der Waals surface area contributed by atoms with Gasteiger partial charge in [-0.05, 0) is 37.9 Å². The number of hydrogen-bond donors (Lipinski definition) is 2. The molecule has 1 saturated heterocycles. The first kappa shape index (κ1) is 28.0. The smallest absolute Gasteiger partial charge is 0.191 e. The first-order valence-electron chi connectivity index (χ1n) is 11.6. The summed E-state index contributed by atoms with van der Waals surface area (Å²) in [6.45, 7) is 14.8. The van der Waals surface area contributed by atoms with Gasteiger partial charge in [0.2, 0.25) is 0 Å². The van der Waals surface area contributed by atoms with Crippen LogP contribution in [0.1, 0.15) is 44.2 Å². The van der Waals surface area contributed by atoms with E-state index in [9.17, 15) is 0 Å². The fourth-order valence-corrected chi connectivity index (χ4v) is 3.68. The number of aryl methyl sites for hydroxylation is 1. The van der Waals surface area contributed by atoms with Gasteiger partial charge in [-0.3, -0.25) is 4.99 Å². The molecular formula is C24H44IN5O. The van der Waals surface area contributed by atoms with Crippen LogP contribution >= 0.6 is 24.0 Å². The van der Waals surface area contributed by atoms with Crippen molar-refractivity contribution in [3.8, 4) is 5.75 Å². The van der Waals surface area contributed by atoms with Gasteiger partial charge in [-0.15, -0.1) is 24.0 Å². The maximum atomic E-state index is 6.07. The summed E-state index contributed by atoms with van der Waals surface area (Å²) in [6.07, 6.45) is 3.52. The van der Waals surface area contributed by atoms with E-state index in [1.165, 1.54) is 50.1 Å². The lowest BCUT2D eigenvalue weighted by molar-refractivity contribution is 0.139. The van der Waals surface area contributed by atoms with Gasteiger partial charge in [0.15, 0.2) is 5.96 Å². The summed E-state index contributed by atoms with van der Waals surface area (Å²) in [4.78, 5) is 9.37. The van der Waals surface area contributed by atoms with Crippen molar-refractivity contribution in [2.45, 2.75) is 46.6 Å². The van der Waals surface area contributed by atoms with Crippen LogP contribution in [0.5, 0.6) is 5.75 Å². The topological polar surface area (TPSA) is 52.1 Å². The number of piperazine rings is 1. The quantitative estimate of drug-likeness (QED) is 0.192. The molecule has 2 rings (SSSR count). The van der Waals surface area contributed by atoms with Crippen molar-refractivity contribution in [2.24, 2.45) is 10.9 Å². The van der Waals surface area contributed by atoms with E-state index in [1.807, 2.05) is 7.05 Å². The summed E-state index contributed by atoms with van der Waals surface area (Å²) in [5.74, 6) is 2.40. The average Bonchev–Trinajstić information content (AvgIpc) is 2.74. The Balaban J connectivity index is 0.00000480. The summed E-state index contributed by atoms with van der Waals surface area (Å²) in [6, 6.07) is 6.43. The van der Waals surface area contributed by atoms with Crippen LogP contribution in [-0.2, 0) is 6.54 Å². The number of halogens is 1.